The summed E-state index contributed by atoms with van der Waals surface area (Å²) in [4.78, 5) is 32.3. The minimum atomic E-state index is -0.343. The number of nitrogens with zero attached hydrogens (tertiary/aromatic N) is 7. The van der Waals surface area contributed by atoms with Crippen LogP contribution in [0, 0.1) is 6.92 Å². The largest absolute Gasteiger partial charge is 0.378 e. The van der Waals surface area contributed by atoms with Crippen LogP contribution in [0.3, 0.4) is 0 Å². The van der Waals surface area contributed by atoms with Crippen LogP contribution < -0.4 is 15.5 Å². The molecule has 2 amide bonds. The van der Waals surface area contributed by atoms with Crippen LogP contribution >= 0.6 is 0 Å². The average Bonchev–Trinajstić information content (AvgIpc) is 3.32. The van der Waals surface area contributed by atoms with Crippen LogP contribution in [0.1, 0.15) is 5.69 Å². The van der Waals surface area contributed by atoms with Crippen molar-refractivity contribution in [1.82, 2.24) is 29.7 Å². The Balaban J connectivity index is 1.39. The van der Waals surface area contributed by atoms with E-state index in [1.54, 1.807) is 41.3 Å². The summed E-state index contributed by atoms with van der Waals surface area (Å²) >= 11 is 0. The van der Waals surface area contributed by atoms with E-state index in [2.05, 4.69) is 35.6 Å². The highest BCUT2D eigenvalue weighted by atomic mass is 16.5. The van der Waals surface area contributed by atoms with Crippen molar-refractivity contribution in [2.24, 2.45) is 0 Å². The van der Waals surface area contributed by atoms with Crippen LogP contribution in [0.2, 0.25) is 0 Å². The lowest BCUT2D eigenvalue weighted by molar-refractivity contribution is 0.122. The minimum Gasteiger partial charge on any atom is -0.378 e. The summed E-state index contributed by atoms with van der Waals surface area (Å²) in [6.07, 6.45) is 5.05. The second-order valence-corrected chi connectivity index (χ2v) is 7.65. The number of pyridine rings is 1. The Morgan fingerprint density at radius 3 is 2.24 bits per heavy atom. The molecule has 1 aromatic carbocycles. The Morgan fingerprint density at radius 1 is 0.882 bits per heavy atom. The first kappa shape index (κ1) is 21.5. The molecule has 172 valence electrons. The number of amides is 2. The molecular formula is C23H23N9O2. The summed E-state index contributed by atoms with van der Waals surface area (Å²) in [6, 6.07) is 12.3. The second kappa shape index (κ2) is 9.63. The third-order valence-electron chi connectivity index (χ3n) is 5.17. The van der Waals surface area contributed by atoms with E-state index in [1.807, 2.05) is 31.3 Å². The standard InChI is InChI=1S/C23H23N9O2/c1-16-8-11-32(30-16)22-28-20(27-21(29-22)31-12-14-34-15-13-31)17-2-4-18(5-3-17)25-23(33)26-19-6-9-24-10-7-19/h2-11H,12-15H2,1H3,(H2,24,25,26,33). The number of ether oxygens (including phenoxy) is 1. The number of anilines is 3. The van der Waals surface area contributed by atoms with Crippen molar-refractivity contribution in [1.29, 1.82) is 0 Å². The van der Waals surface area contributed by atoms with Crippen molar-refractivity contribution >= 4 is 23.4 Å². The number of urea groups is 1. The van der Waals surface area contributed by atoms with E-state index in [0.29, 0.717) is 55.4 Å². The van der Waals surface area contributed by atoms with E-state index in [9.17, 15) is 4.79 Å². The number of hydrogen-bond donors (Lipinski definition) is 2. The summed E-state index contributed by atoms with van der Waals surface area (Å²) < 4.78 is 7.11. The Labute approximate surface area is 195 Å². The lowest BCUT2D eigenvalue weighted by atomic mass is 10.2. The van der Waals surface area contributed by atoms with Crippen LogP contribution in [0.25, 0.3) is 17.3 Å². The molecule has 0 radical (unpaired) electrons. The van der Waals surface area contributed by atoms with Gasteiger partial charge < -0.3 is 20.3 Å². The smallest absolute Gasteiger partial charge is 0.323 e. The molecule has 1 aliphatic rings. The van der Waals surface area contributed by atoms with Gasteiger partial charge in [0.05, 0.1) is 18.9 Å². The number of carbonyl (C=O) groups excluding carboxylic acids is 1. The fourth-order valence-corrected chi connectivity index (χ4v) is 3.45. The zero-order valence-electron chi connectivity index (χ0n) is 18.5. The van der Waals surface area contributed by atoms with Gasteiger partial charge in [-0.1, -0.05) is 0 Å². The molecule has 0 spiro atoms. The Kier molecular flexibility index (Phi) is 6.08. The highest BCUT2D eigenvalue weighted by Gasteiger charge is 2.18. The molecule has 0 unspecified atom stereocenters. The SMILES string of the molecule is Cc1ccn(-c2nc(-c3ccc(NC(=O)Nc4ccncc4)cc3)nc(N3CCOCC3)n2)n1. The molecule has 0 atom stereocenters. The molecule has 1 fully saturated rings. The Bertz CT molecular complexity index is 1270. The molecular weight excluding hydrogens is 434 g/mol. The number of morpholine rings is 1. The molecule has 34 heavy (non-hydrogen) atoms. The minimum absolute atomic E-state index is 0.343. The molecule has 0 aliphatic carbocycles. The zero-order chi connectivity index (χ0) is 23.3. The number of nitrogens with one attached hydrogen (secondary N) is 2. The van der Waals surface area contributed by atoms with Crippen molar-refractivity contribution in [2.75, 3.05) is 41.8 Å². The normalized spacial score (nSPS) is 13.5. The first-order valence-corrected chi connectivity index (χ1v) is 10.8. The van der Waals surface area contributed by atoms with Gasteiger partial charge >= 0.3 is 6.03 Å². The first-order valence-electron chi connectivity index (χ1n) is 10.8. The lowest BCUT2D eigenvalue weighted by Gasteiger charge is -2.27. The number of hydrogen-bond acceptors (Lipinski definition) is 8. The van der Waals surface area contributed by atoms with Crippen molar-refractivity contribution in [3.05, 3.63) is 66.7 Å². The van der Waals surface area contributed by atoms with Crippen molar-refractivity contribution in [3.8, 4) is 17.3 Å². The summed E-state index contributed by atoms with van der Waals surface area (Å²) in [7, 11) is 0. The van der Waals surface area contributed by atoms with Crippen molar-refractivity contribution in [3.63, 3.8) is 0 Å². The Morgan fingerprint density at radius 2 is 1.56 bits per heavy atom. The molecule has 0 saturated carbocycles. The number of aryl methyl sites for hydroxylation is 1. The lowest BCUT2D eigenvalue weighted by Crippen LogP contribution is -2.37. The van der Waals surface area contributed by atoms with E-state index in [1.165, 1.54) is 0 Å². The number of carbonyl (C=O) groups is 1. The molecule has 1 saturated heterocycles. The molecule has 0 bridgehead atoms. The molecule has 4 heterocycles. The quantitative estimate of drug-likeness (QED) is 0.469. The van der Waals surface area contributed by atoms with E-state index in [0.717, 1.165) is 11.3 Å². The zero-order valence-corrected chi connectivity index (χ0v) is 18.5. The average molecular weight is 457 g/mol. The van der Waals surface area contributed by atoms with Crippen LogP contribution in [-0.4, -0.2) is 62.1 Å². The predicted molar refractivity (Wildman–Crippen MR) is 127 cm³/mol. The third kappa shape index (κ3) is 4.99. The topological polar surface area (TPSA) is 123 Å². The maximum atomic E-state index is 12.3. The number of rotatable bonds is 5. The van der Waals surface area contributed by atoms with Gasteiger partial charge in [-0.3, -0.25) is 4.98 Å². The van der Waals surface area contributed by atoms with E-state index in [-0.39, 0.29) is 6.03 Å². The molecule has 11 nitrogen and oxygen atoms in total. The summed E-state index contributed by atoms with van der Waals surface area (Å²) in [6.45, 7) is 4.57. The van der Waals surface area contributed by atoms with Crippen molar-refractivity contribution < 1.29 is 9.53 Å². The number of aromatic nitrogens is 6. The van der Waals surface area contributed by atoms with Gasteiger partial charge in [0.2, 0.25) is 5.95 Å². The van der Waals surface area contributed by atoms with Crippen LogP contribution in [0.15, 0.2) is 61.1 Å². The fourth-order valence-electron chi connectivity index (χ4n) is 3.45. The maximum Gasteiger partial charge on any atom is 0.323 e. The molecule has 5 rings (SSSR count). The highest BCUT2D eigenvalue weighted by molar-refractivity contribution is 5.99. The third-order valence-corrected chi connectivity index (χ3v) is 5.17. The van der Waals surface area contributed by atoms with E-state index < -0.39 is 0 Å². The second-order valence-electron chi connectivity index (χ2n) is 7.65. The van der Waals surface area contributed by atoms with Gasteiger partial charge in [0.25, 0.3) is 5.95 Å². The van der Waals surface area contributed by atoms with Gasteiger partial charge in [0, 0.05) is 48.6 Å². The summed E-state index contributed by atoms with van der Waals surface area (Å²) in [5.74, 6) is 1.54. The fraction of sp³-hybridized carbons (Fsp3) is 0.217. The van der Waals surface area contributed by atoms with Gasteiger partial charge in [0.1, 0.15) is 0 Å². The molecule has 2 N–H and O–H groups in total. The van der Waals surface area contributed by atoms with Crippen LogP contribution in [0.5, 0.6) is 0 Å². The van der Waals surface area contributed by atoms with Crippen LogP contribution in [0.4, 0.5) is 22.1 Å². The van der Waals surface area contributed by atoms with Gasteiger partial charge in [-0.2, -0.15) is 20.1 Å². The van der Waals surface area contributed by atoms with Gasteiger partial charge in [-0.25, -0.2) is 9.48 Å². The predicted octanol–water partition coefficient (Wildman–Crippen LogP) is 2.91. The monoisotopic (exact) mass is 457 g/mol. The molecule has 4 aromatic rings. The summed E-state index contributed by atoms with van der Waals surface area (Å²) in [5.41, 5.74) is 2.96. The highest BCUT2D eigenvalue weighted by Crippen LogP contribution is 2.22. The van der Waals surface area contributed by atoms with Gasteiger partial charge in [-0.15, -0.1) is 0 Å². The Hall–Kier alpha value is -4.38. The molecule has 11 heteroatoms. The number of benzene rings is 1. The van der Waals surface area contributed by atoms with Gasteiger partial charge in [-0.05, 0) is 49.4 Å². The van der Waals surface area contributed by atoms with E-state index in [4.69, 9.17) is 9.72 Å². The summed E-state index contributed by atoms with van der Waals surface area (Å²) in [5, 5.41) is 10.0. The molecule has 1 aliphatic heterocycles. The van der Waals surface area contributed by atoms with Gasteiger partial charge in [0.15, 0.2) is 5.82 Å². The van der Waals surface area contributed by atoms with Crippen molar-refractivity contribution in [2.45, 2.75) is 6.92 Å². The first-order chi connectivity index (χ1) is 16.6. The molecule has 3 aromatic heterocycles. The van der Waals surface area contributed by atoms with E-state index >= 15 is 0 Å². The maximum absolute atomic E-state index is 12.3. The van der Waals surface area contributed by atoms with Crippen LogP contribution in [-0.2, 0) is 4.74 Å².